The molecule has 1 amide bonds. The van der Waals surface area contributed by atoms with E-state index >= 15 is 0 Å². The quantitative estimate of drug-likeness (QED) is 0.483. The van der Waals surface area contributed by atoms with Crippen LogP contribution >= 0.6 is 35.3 Å². The van der Waals surface area contributed by atoms with Crippen molar-refractivity contribution < 1.29 is 13.9 Å². The van der Waals surface area contributed by atoms with E-state index in [2.05, 4.69) is 9.88 Å². The van der Waals surface area contributed by atoms with Crippen LogP contribution in [-0.4, -0.2) is 49.6 Å². The van der Waals surface area contributed by atoms with Gasteiger partial charge in [0, 0.05) is 11.6 Å². The van der Waals surface area contributed by atoms with Gasteiger partial charge in [-0.15, -0.1) is 12.4 Å². The van der Waals surface area contributed by atoms with Crippen LogP contribution in [0.4, 0.5) is 9.52 Å². The molecule has 5 nitrogen and oxygen atoms in total. The highest BCUT2D eigenvalue weighted by atomic mass is 35.5. The number of carbonyl (C=O) groups excluding carboxylic acids is 1. The van der Waals surface area contributed by atoms with Gasteiger partial charge in [0.2, 0.25) is 0 Å². The molecule has 0 saturated heterocycles. The number of hydrogen-bond acceptors (Lipinski definition) is 5. The highest BCUT2D eigenvalue weighted by molar-refractivity contribution is 7.22. The minimum absolute atomic E-state index is 0. The average Bonchev–Trinajstić information content (AvgIpc) is 3.07. The summed E-state index contributed by atoms with van der Waals surface area (Å²) in [4.78, 5) is 21.2. The lowest BCUT2D eigenvalue weighted by Gasteiger charge is -2.21. The number of thiazole rings is 1. The molecular weight excluding hydrogens is 436 g/mol. The van der Waals surface area contributed by atoms with Gasteiger partial charge in [-0.1, -0.05) is 22.9 Å². The molecule has 1 heterocycles. The Morgan fingerprint density at radius 2 is 1.90 bits per heavy atom. The third kappa shape index (κ3) is 6.54. The van der Waals surface area contributed by atoms with Crippen molar-refractivity contribution in [3.63, 3.8) is 0 Å². The second kappa shape index (κ2) is 10.7. The van der Waals surface area contributed by atoms with Crippen molar-refractivity contribution >= 4 is 56.6 Å². The first kappa shape index (κ1) is 23.3. The molecule has 156 valence electrons. The molecular formula is C20H22Cl2FN3O2S. The van der Waals surface area contributed by atoms with Crippen LogP contribution in [0.3, 0.4) is 0 Å². The van der Waals surface area contributed by atoms with Crippen molar-refractivity contribution in [1.29, 1.82) is 0 Å². The number of amides is 1. The van der Waals surface area contributed by atoms with Gasteiger partial charge in [0.15, 0.2) is 11.7 Å². The maximum Gasteiger partial charge on any atom is 0.266 e. The van der Waals surface area contributed by atoms with E-state index < -0.39 is 0 Å². The minimum atomic E-state index is -0.350. The SMILES string of the molecule is CN(C)CCCN(C(=O)COc1ccc(F)cc1)c1nc2ccc(Cl)cc2s1.Cl. The number of rotatable bonds is 8. The number of fused-ring (bicyclic) bond motifs is 1. The van der Waals surface area contributed by atoms with Crippen LogP contribution in [0.5, 0.6) is 5.75 Å². The monoisotopic (exact) mass is 457 g/mol. The van der Waals surface area contributed by atoms with Crippen LogP contribution in [0.25, 0.3) is 10.2 Å². The van der Waals surface area contributed by atoms with E-state index in [-0.39, 0.29) is 30.7 Å². The van der Waals surface area contributed by atoms with Gasteiger partial charge < -0.3 is 9.64 Å². The fourth-order valence-electron chi connectivity index (χ4n) is 2.63. The van der Waals surface area contributed by atoms with Crippen molar-refractivity contribution in [3.8, 4) is 5.75 Å². The Hall–Kier alpha value is -1.93. The lowest BCUT2D eigenvalue weighted by molar-refractivity contribution is -0.120. The molecule has 0 aliphatic rings. The maximum absolute atomic E-state index is 13.0. The number of hydrogen-bond donors (Lipinski definition) is 0. The number of anilines is 1. The lowest BCUT2D eigenvalue weighted by Crippen LogP contribution is -2.36. The Balaban J connectivity index is 0.00000300. The molecule has 0 fully saturated rings. The number of nitrogens with zero attached hydrogens (tertiary/aromatic N) is 3. The highest BCUT2D eigenvalue weighted by Crippen LogP contribution is 2.31. The normalized spacial score (nSPS) is 10.8. The van der Waals surface area contributed by atoms with Crippen LogP contribution in [0.15, 0.2) is 42.5 Å². The molecule has 2 aromatic carbocycles. The average molecular weight is 458 g/mol. The zero-order valence-corrected chi connectivity index (χ0v) is 18.5. The summed E-state index contributed by atoms with van der Waals surface area (Å²) < 4.78 is 19.5. The zero-order valence-electron chi connectivity index (χ0n) is 16.1. The second-order valence-electron chi connectivity index (χ2n) is 6.55. The highest BCUT2D eigenvalue weighted by Gasteiger charge is 2.20. The standard InChI is InChI=1S/C20H21ClFN3O2S.ClH/c1-24(2)10-3-11-25(19(26)13-27-16-7-5-15(22)6-8-16)20-23-17-9-4-14(21)12-18(17)28-20;/h4-9,12H,3,10-11,13H2,1-2H3;1H. The Morgan fingerprint density at radius 3 is 2.59 bits per heavy atom. The molecule has 0 saturated carbocycles. The summed E-state index contributed by atoms with van der Waals surface area (Å²) in [5.41, 5.74) is 0.800. The molecule has 3 aromatic rings. The topological polar surface area (TPSA) is 45.7 Å². The molecule has 0 aliphatic heterocycles. The van der Waals surface area contributed by atoms with E-state index in [4.69, 9.17) is 16.3 Å². The first-order chi connectivity index (χ1) is 13.4. The number of halogens is 3. The largest absolute Gasteiger partial charge is 0.484 e. The van der Waals surface area contributed by atoms with E-state index in [1.807, 2.05) is 26.2 Å². The summed E-state index contributed by atoms with van der Waals surface area (Å²) in [6.45, 7) is 1.22. The van der Waals surface area contributed by atoms with Gasteiger partial charge in [-0.25, -0.2) is 9.37 Å². The molecule has 0 bridgehead atoms. The van der Waals surface area contributed by atoms with Gasteiger partial charge in [-0.05, 0) is 69.5 Å². The molecule has 0 atom stereocenters. The van der Waals surface area contributed by atoms with Crippen LogP contribution in [0.1, 0.15) is 6.42 Å². The van der Waals surface area contributed by atoms with Gasteiger partial charge in [-0.3, -0.25) is 9.69 Å². The molecule has 0 N–H and O–H groups in total. The van der Waals surface area contributed by atoms with Crippen molar-refractivity contribution in [1.82, 2.24) is 9.88 Å². The summed E-state index contributed by atoms with van der Waals surface area (Å²) in [7, 11) is 3.98. The Kier molecular flexibility index (Phi) is 8.64. The second-order valence-corrected chi connectivity index (χ2v) is 8.00. The summed E-state index contributed by atoms with van der Waals surface area (Å²) in [5, 5.41) is 1.25. The smallest absolute Gasteiger partial charge is 0.266 e. The fourth-order valence-corrected chi connectivity index (χ4v) is 3.91. The first-order valence-electron chi connectivity index (χ1n) is 8.82. The van der Waals surface area contributed by atoms with E-state index in [0.29, 0.717) is 22.4 Å². The van der Waals surface area contributed by atoms with Gasteiger partial charge in [-0.2, -0.15) is 0 Å². The molecule has 3 rings (SSSR count). The third-order valence-corrected chi connectivity index (χ3v) is 5.31. The van der Waals surface area contributed by atoms with Crippen molar-refractivity contribution in [2.24, 2.45) is 0 Å². The predicted octanol–water partition coefficient (Wildman–Crippen LogP) is 4.87. The Bertz CT molecular complexity index is 951. The Labute approximate surface area is 184 Å². The summed E-state index contributed by atoms with van der Waals surface area (Å²) in [6.07, 6.45) is 0.798. The minimum Gasteiger partial charge on any atom is -0.484 e. The van der Waals surface area contributed by atoms with Gasteiger partial charge in [0.1, 0.15) is 11.6 Å². The molecule has 0 aliphatic carbocycles. The summed E-state index contributed by atoms with van der Waals surface area (Å²) in [6, 6.07) is 11.1. The van der Waals surface area contributed by atoms with Crippen LogP contribution in [-0.2, 0) is 4.79 Å². The van der Waals surface area contributed by atoms with Crippen molar-refractivity contribution in [2.45, 2.75) is 6.42 Å². The van der Waals surface area contributed by atoms with E-state index in [9.17, 15) is 9.18 Å². The van der Waals surface area contributed by atoms with Crippen LogP contribution in [0.2, 0.25) is 5.02 Å². The number of aromatic nitrogens is 1. The van der Waals surface area contributed by atoms with E-state index in [1.54, 1.807) is 11.0 Å². The molecule has 9 heteroatoms. The van der Waals surface area contributed by atoms with Gasteiger partial charge in [0.25, 0.3) is 5.91 Å². The van der Waals surface area contributed by atoms with Gasteiger partial charge >= 0.3 is 0 Å². The maximum atomic E-state index is 13.0. The zero-order chi connectivity index (χ0) is 20.1. The molecule has 29 heavy (non-hydrogen) atoms. The lowest BCUT2D eigenvalue weighted by atomic mass is 10.3. The van der Waals surface area contributed by atoms with E-state index in [0.717, 1.165) is 23.2 Å². The van der Waals surface area contributed by atoms with Crippen LogP contribution in [0, 0.1) is 5.82 Å². The third-order valence-electron chi connectivity index (χ3n) is 4.03. The van der Waals surface area contributed by atoms with Crippen molar-refractivity contribution in [2.75, 3.05) is 38.7 Å². The molecule has 0 radical (unpaired) electrons. The molecule has 0 unspecified atom stereocenters. The Morgan fingerprint density at radius 1 is 1.17 bits per heavy atom. The predicted molar refractivity (Wildman–Crippen MR) is 119 cm³/mol. The molecule has 1 aromatic heterocycles. The van der Waals surface area contributed by atoms with Crippen LogP contribution < -0.4 is 9.64 Å². The number of carbonyl (C=O) groups is 1. The summed E-state index contributed by atoms with van der Waals surface area (Å²) in [5.74, 6) is -0.107. The fraction of sp³-hybridized carbons (Fsp3) is 0.300. The first-order valence-corrected chi connectivity index (χ1v) is 10.0. The number of ether oxygens (including phenoxy) is 1. The van der Waals surface area contributed by atoms with Gasteiger partial charge in [0.05, 0.1) is 10.2 Å². The molecule has 0 spiro atoms. The van der Waals surface area contributed by atoms with E-state index in [1.165, 1.54) is 35.6 Å². The summed E-state index contributed by atoms with van der Waals surface area (Å²) >= 11 is 7.48. The number of benzene rings is 2. The van der Waals surface area contributed by atoms with Crippen molar-refractivity contribution in [3.05, 3.63) is 53.3 Å².